The first-order valence-electron chi connectivity index (χ1n) is 7.81. The summed E-state index contributed by atoms with van der Waals surface area (Å²) in [4.78, 5) is 2.47. The molecule has 1 aromatic rings. The quantitative estimate of drug-likeness (QED) is 0.873. The summed E-state index contributed by atoms with van der Waals surface area (Å²) in [6, 6.07) is 8.57. The fraction of sp³-hybridized carbons (Fsp3) is 0.647. The molecule has 1 aliphatic rings. The monoisotopic (exact) mass is 292 g/mol. The van der Waals surface area contributed by atoms with Gasteiger partial charge >= 0.3 is 0 Å². The molecule has 4 nitrogen and oxygen atoms in total. The maximum atomic E-state index is 5.79. The molecular formula is C17H28N2O2. The maximum Gasteiger partial charge on any atom is 0.124 e. The first-order valence-corrected chi connectivity index (χ1v) is 7.81. The number of nitrogens with zero attached hydrogens (tertiary/aromatic N) is 1. The predicted octanol–water partition coefficient (Wildman–Crippen LogP) is 2.46. The van der Waals surface area contributed by atoms with Crippen LogP contribution >= 0.6 is 0 Å². The average Bonchev–Trinajstić information content (AvgIpc) is 2.45. The highest BCUT2D eigenvalue weighted by Gasteiger charge is 2.29. The molecule has 1 N–H and O–H groups in total. The van der Waals surface area contributed by atoms with Crippen molar-refractivity contribution < 1.29 is 9.47 Å². The Morgan fingerprint density at radius 3 is 2.81 bits per heavy atom. The predicted molar refractivity (Wildman–Crippen MR) is 85.9 cm³/mol. The Bertz CT molecular complexity index is 448. The average molecular weight is 292 g/mol. The normalized spacial score (nSPS) is 20.2. The largest absolute Gasteiger partial charge is 0.494 e. The summed E-state index contributed by atoms with van der Waals surface area (Å²) in [5, 5.41) is 3.43. The number of morpholine rings is 1. The van der Waals surface area contributed by atoms with Crippen LogP contribution in [-0.4, -0.2) is 50.4 Å². The lowest BCUT2D eigenvalue weighted by atomic mass is 10.0. The zero-order valence-corrected chi connectivity index (χ0v) is 13.7. The fourth-order valence-corrected chi connectivity index (χ4v) is 2.93. The Kier molecular flexibility index (Phi) is 5.62. The highest BCUT2D eigenvalue weighted by atomic mass is 16.5. The molecule has 1 saturated heterocycles. The molecule has 2 rings (SSSR count). The van der Waals surface area contributed by atoms with Crippen molar-refractivity contribution >= 4 is 0 Å². The van der Waals surface area contributed by atoms with E-state index in [4.69, 9.17) is 9.47 Å². The van der Waals surface area contributed by atoms with E-state index in [1.807, 2.05) is 26.1 Å². The number of hydrogen-bond acceptors (Lipinski definition) is 4. The SMILES string of the molecule is CCOc1ccccc1C(CN1CCOC(C)(C)C1)NC. The van der Waals surface area contributed by atoms with Crippen LogP contribution in [0.25, 0.3) is 0 Å². The van der Waals surface area contributed by atoms with E-state index in [1.165, 1.54) is 5.56 Å². The molecule has 0 amide bonds. The van der Waals surface area contributed by atoms with Crippen molar-refractivity contribution in [2.45, 2.75) is 32.4 Å². The fourth-order valence-electron chi connectivity index (χ4n) is 2.93. The first kappa shape index (κ1) is 16.3. The number of hydrogen-bond donors (Lipinski definition) is 1. The summed E-state index contributed by atoms with van der Waals surface area (Å²) in [5.41, 5.74) is 1.17. The molecule has 0 spiro atoms. The Balaban J connectivity index is 2.09. The van der Waals surface area contributed by atoms with E-state index in [-0.39, 0.29) is 11.6 Å². The molecule has 0 saturated carbocycles. The molecule has 0 bridgehead atoms. The topological polar surface area (TPSA) is 33.7 Å². The van der Waals surface area contributed by atoms with Gasteiger partial charge in [0, 0.05) is 31.2 Å². The van der Waals surface area contributed by atoms with E-state index in [0.717, 1.165) is 32.0 Å². The van der Waals surface area contributed by atoms with Crippen LogP contribution in [0.15, 0.2) is 24.3 Å². The third-order valence-corrected chi connectivity index (χ3v) is 3.89. The van der Waals surface area contributed by atoms with Gasteiger partial charge in [0.1, 0.15) is 5.75 Å². The van der Waals surface area contributed by atoms with Crippen molar-refractivity contribution in [3.63, 3.8) is 0 Å². The molecule has 4 heteroatoms. The van der Waals surface area contributed by atoms with Gasteiger partial charge in [-0.25, -0.2) is 0 Å². The van der Waals surface area contributed by atoms with E-state index in [1.54, 1.807) is 0 Å². The van der Waals surface area contributed by atoms with Gasteiger partial charge in [0.2, 0.25) is 0 Å². The van der Waals surface area contributed by atoms with Gasteiger partial charge in [-0.05, 0) is 33.9 Å². The minimum Gasteiger partial charge on any atom is -0.494 e. The van der Waals surface area contributed by atoms with Gasteiger partial charge in [0.15, 0.2) is 0 Å². The second kappa shape index (κ2) is 7.25. The second-order valence-electron chi connectivity index (χ2n) is 6.16. The van der Waals surface area contributed by atoms with Crippen LogP contribution in [0.2, 0.25) is 0 Å². The van der Waals surface area contributed by atoms with Crippen molar-refractivity contribution in [3.05, 3.63) is 29.8 Å². The zero-order valence-electron chi connectivity index (χ0n) is 13.7. The third kappa shape index (κ3) is 4.43. The number of benzene rings is 1. The van der Waals surface area contributed by atoms with Gasteiger partial charge in [0.25, 0.3) is 0 Å². The zero-order chi connectivity index (χ0) is 15.3. The van der Waals surface area contributed by atoms with Gasteiger partial charge < -0.3 is 14.8 Å². The minimum absolute atomic E-state index is 0.0595. The van der Waals surface area contributed by atoms with E-state index < -0.39 is 0 Å². The molecule has 118 valence electrons. The van der Waals surface area contributed by atoms with Crippen LogP contribution in [0.5, 0.6) is 5.75 Å². The molecular weight excluding hydrogens is 264 g/mol. The molecule has 0 aromatic heterocycles. The van der Waals surface area contributed by atoms with Crippen molar-refractivity contribution in [1.82, 2.24) is 10.2 Å². The Morgan fingerprint density at radius 2 is 2.14 bits per heavy atom. The van der Waals surface area contributed by atoms with Crippen LogP contribution in [0.3, 0.4) is 0 Å². The Labute approximate surface area is 128 Å². The van der Waals surface area contributed by atoms with Crippen molar-refractivity contribution in [2.75, 3.05) is 39.9 Å². The van der Waals surface area contributed by atoms with Crippen LogP contribution < -0.4 is 10.1 Å². The number of likely N-dealkylation sites (N-methyl/N-ethyl adjacent to an activating group) is 1. The highest BCUT2D eigenvalue weighted by Crippen LogP contribution is 2.27. The highest BCUT2D eigenvalue weighted by molar-refractivity contribution is 5.36. The van der Waals surface area contributed by atoms with Crippen LogP contribution in [0.4, 0.5) is 0 Å². The molecule has 21 heavy (non-hydrogen) atoms. The molecule has 1 unspecified atom stereocenters. The summed E-state index contributed by atoms with van der Waals surface area (Å²) in [5.74, 6) is 0.979. The molecule has 1 atom stereocenters. The maximum absolute atomic E-state index is 5.79. The van der Waals surface area contributed by atoms with Crippen molar-refractivity contribution in [2.24, 2.45) is 0 Å². The van der Waals surface area contributed by atoms with Gasteiger partial charge in [0.05, 0.1) is 18.8 Å². The molecule has 1 heterocycles. The van der Waals surface area contributed by atoms with Gasteiger partial charge in [-0.3, -0.25) is 4.90 Å². The lowest BCUT2D eigenvalue weighted by Crippen LogP contribution is -2.50. The van der Waals surface area contributed by atoms with Crippen molar-refractivity contribution in [3.8, 4) is 5.75 Å². The number of ether oxygens (including phenoxy) is 2. The second-order valence-corrected chi connectivity index (χ2v) is 6.16. The molecule has 0 aliphatic carbocycles. The molecule has 0 radical (unpaired) electrons. The Hall–Kier alpha value is -1.10. The van der Waals surface area contributed by atoms with Crippen LogP contribution in [0.1, 0.15) is 32.4 Å². The van der Waals surface area contributed by atoms with Gasteiger partial charge in [-0.15, -0.1) is 0 Å². The minimum atomic E-state index is -0.0595. The molecule has 1 fully saturated rings. The summed E-state index contributed by atoms with van der Waals surface area (Å²) in [6.45, 7) is 10.7. The van der Waals surface area contributed by atoms with E-state index in [9.17, 15) is 0 Å². The van der Waals surface area contributed by atoms with E-state index in [0.29, 0.717) is 6.61 Å². The van der Waals surface area contributed by atoms with E-state index >= 15 is 0 Å². The number of nitrogens with one attached hydrogen (secondary N) is 1. The third-order valence-electron chi connectivity index (χ3n) is 3.89. The van der Waals surface area contributed by atoms with Crippen LogP contribution in [0, 0.1) is 0 Å². The van der Waals surface area contributed by atoms with Crippen molar-refractivity contribution in [1.29, 1.82) is 0 Å². The van der Waals surface area contributed by atoms with E-state index in [2.05, 4.69) is 36.2 Å². The number of rotatable bonds is 6. The lowest BCUT2D eigenvalue weighted by molar-refractivity contribution is -0.0875. The lowest BCUT2D eigenvalue weighted by Gasteiger charge is -2.39. The smallest absolute Gasteiger partial charge is 0.124 e. The Morgan fingerprint density at radius 1 is 1.38 bits per heavy atom. The standard InChI is InChI=1S/C17H28N2O2/c1-5-20-16-9-7-6-8-14(16)15(18-4)12-19-10-11-21-17(2,3)13-19/h6-9,15,18H,5,10-13H2,1-4H3. The van der Waals surface area contributed by atoms with Gasteiger partial charge in [-0.1, -0.05) is 18.2 Å². The summed E-state index contributed by atoms with van der Waals surface area (Å²) in [6.07, 6.45) is 0. The summed E-state index contributed by atoms with van der Waals surface area (Å²) in [7, 11) is 2.01. The van der Waals surface area contributed by atoms with Gasteiger partial charge in [-0.2, -0.15) is 0 Å². The summed E-state index contributed by atoms with van der Waals surface area (Å²) < 4.78 is 11.6. The molecule has 1 aliphatic heterocycles. The number of para-hydroxylation sites is 1. The van der Waals surface area contributed by atoms with Crippen LogP contribution in [-0.2, 0) is 4.74 Å². The first-order chi connectivity index (χ1) is 10.1. The summed E-state index contributed by atoms with van der Waals surface area (Å²) >= 11 is 0. The molecule has 1 aromatic carbocycles.